The lowest BCUT2D eigenvalue weighted by Crippen LogP contribution is -2.48. The summed E-state index contributed by atoms with van der Waals surface area (Å²) < 4.78 is 11.0. The van der Waals surface area contributed by atoms with E-state index in [2.05, 4.69) is 38.8 Å². The highest BCUT2D eigenvalue weighted by Crippen LogP contribution is 2.21. The number of methoxy groups -OCH3 is 1. The van der Waals surface area contributed by atoms with Crippen molar-refractivity contribution in [3.8, 4) is 5.75 Å². The van der Waals surface area contributed by atoms with Gasteiger partial charge in [-0.2, -0.15) is 0 Å². The van der Waals surface area contributed by atoms with Crippen molar-refractivity contribution >= 4 is 51.7 Å². The van der Waals surface area contributed by atoms with E-state index in [0.717, 1.165) is 3.57 Å². The number of benzene rings is 1. The van der Waals surface area contributed by atoms with E-state index in [1.807, 2.05) is 0 Å². The van der Waals surface area contributed by atoms with Crippen molar-refractivity contribution in [2.75, 3.05) is 7.11 Å². The molecule has 1 aromatic heterocycles. The Morgan fingerprint density at radius 1 is 1.21 bits per heavy atom. The molecule has 0 aliphatic heterocycles. The third kappa shape index (κ3) is 4.45. The van der Waals surface area contributed by atoms with Gasteiger partial charge in [-0.1, -0.05) is 0 Å². The van der Waals surface area contributed by atoms with Crippen LogP contribution in [0.1, 0.15) is 26.5 Å². The molecule has 0 saturated carbocycles. The van der Waals surface area contributed by atoms with Crippen molar-refractivity contribution in [2.24, 2.45) is 0 Å². The molecule has 126 valence electrons. The first kappa shape index (κ1) is 18.2. The fourth-order valence-corrected chi connectivity index (χ4v) is 2.69. The van der Waals surface area contributed by atoms with Crippen LogP contribution in [0, 0.1) is 10.5 Å². The van der Waals surface area contributed by atoms with Crippen LogP contribution in [0.2, 0.25) is 0 Å². The maximum absolute atomic E-state index is 12.1. The SMILES string of the molecule is COc1ccc(C(=O)NC(=S)NNC(=O)c2ccoc2C)cc1I. The van der Waals surface area contributed by atoms with E-state index in [-0.39, 0.29) is 5.11 Å². The van der Waals surface area contributed by atoms with Crippen LogP contribution in [-0.2, 0) is 0 Å². The summed E-state index contributed by atoms with van der Waals surface area (Å²) in [7, 11) is 1.56. The molecule has 0 saturated heterocycles. The topological polar surface area (TPSA) is 92.6 Å². The number of furan rings is 1. The Hall–Kier alpha value is -2.14. The van der Waals surface area contributed by atoms with E-state index in [1.165, 1.54) is 12.3 Å². The van der Waals surface area contributed by atoms with Gasteiger partial charge in [-0.3, -0.25) is 25.8 Å². The molecule has 24 heavy (non-hydrogen) atoms. The number of carbonyl (C=O) groups excluding carboxylic acids is 2. The quantitative estimate of drug-likeness (QED) is 0.370. The number of aryl methyl sites for hydroxylation is 1. The summed E-state index contributed by atoms with van der Waals surface area (Å²) in [5.41, 5.74) is 5.65. The summed E-state index contributed by atoms with van der Waals surface area (Å²) in [5, 5.41) is 2.45. The van der Waals surface area contributed by atoms with Gasteiger partial charge in [0.15, 0.2) is 5.11 Å². The molecule has 3 N–H and O–H groups in total. The summed E-state index contributed by atoms with van der Waals surface area (Å²) in [6.45, 7) is 1.67. The minimum atomic E-state index is -0.420. The second-order valence-corrected chi connectivity index (χ2v) is 6.17. The summed E-state index contributed by atoms with van der Waals surface area (Å²) >= 11 is 7.05. The van der Waals surface area contributed by atoms with Crippen LogP contribution in [0.15, 0.2) is 34.9 Å². The van der Waals surface area contributed by atoms with Gasteiger partial charge >= 0.3 is 0 Å². The van der Waals surface area contributed by atoms with Gasteiger partial charge in [0.05, 0.1) is 22.5 Å². The summed E-state index contributed by atoms with van der Waals surface area (Å²) in [5.74, 6) is 0.339. The smallest absolute Gasteiger partial charge is 0.273 e. The Labute approximate surface area is 157 Å². The summed E-state index contributed by atoms with van der Waals surface area (Å²) in [6, 6.07) is 6.51. The van der Waals surface area contributed by atoms with Gasteiger partial charge in [0, 0.05) is 5.56 Å². The maximum atomic E-state index is 12.1. The van der Waals surface area contributed by atoms with E-state index >= 15 is 0 Å². The van der Waals surface area contributed by atoms with Crippen molar-refractivity contribution in [2.45, 2.75) is 6.92 Å². The minimum absolute atomic E-state index is 0.0275. The largest absolute Gasteiger partial charge is 0.496 e. The molecule has 2 amide bonds. The first-order chi connectivity index (χ1) is 11.4. The van der Waals surface area contributed by atoms with Crippen LogP contribution in [0.3, 0.4) is 0 Å². The fraction of sp³-hybridized carbons (Fsp3) is 0.133. The minimum Gasteiger partial charge on any atom is -0.496 e. The maximum Gasteiger partial charge on any atom is 0.273 e. The second-order valence-electron chi connectivity index (χ2n) is 4.60. The molecule has 2 aromatic rings. The Kier molecular flexibility index (Phi) is 6.15. The van der Waals surface area contributed by atoms with Crippen LogP contribution in [0.5, 0.6) is 5.75 Å². The van der Waals surface area contributed by atoms with Gasteiger partial charge < -0.3 is 9.15 Å². The molecule has 0 unspecified atom stereocenters. The average Bonchev–Trinajstić information content (AvgIpc) is 2.98. The lowest BCUT2D eigenvalue weighted by Gasteiger charge is -2.11. The summed E-state index contributed by atoms with van der Waals surface area (Å²) in [4.78, 5) is 24.0. The number of thiocarbonyl (C=S) groups is 1. The summed E-state index contributed by atoms with van der Waals surface area (Å²) in [6.07, 6.45) is 1.41. The van der Waals surface area contributed by atoms with Crippen LogP contribution in [0.4, 0.5) is 0 Å². The molecule has 0 atom stereocenters. The number of ether oxygens (including phenoxy) is 1. The molecule has 1 aromatic carbocycles. The zero-order valence-electron chi connectivity index (χ0n) is 12.8. The number of rotatable bonds is 3. The molecular formula is C15H14IN3O4S. The van der Waals surface area contributed by atoms with Crippen molar-refractivity contribution in [1.82, 2.24) is 16.2 Å². The average molecular weight is 459 g/mol. The molecule has 7 nitrogen and oxygen atoms in total. The first-order valence-electron chi connectivity index (χ1n) is 6.71. The van der Waals surface area contributed by atoms with E-state index in [9.17, 15) is 9.59 Å². The normalized spacial score (nSPS) is 9.96. The van der Waals surface area contributed by atoms with Crippen molar-refractivity contribution in [1.29, 1.82) is 0 Å². The zero-order chi connectivity index (χ0) is 17.7. The lowest BCUT2D eigenvalue weighted by atomic mass is 10.2. The highest BCUT2D eigenvalue weighted by atomic mass is 127. The van der Waals surface area contributed by atoms with Crippen molar-refractivity contribution in [3.05, 3.63) is 51.0 Å². The molecule has 1 heterocycles. The standard InChI is InChI=1S/C15H14IN3O4S/c1-8-10(5-6-23-8)14(21)18-19-15(24)17-13(20)9-3-4-12(22-2)11(16)7-9/h3-7H,1-2H3,(H,18,21)(H2,17,19,20,24). The van der Waals surface area contributed by atoms with Gasteiger partial charge in [-0.15, -0.1) is 0 Å². The molecule has 0 bridgehead atoms. The van der Waals surface area contributed by atoms with Gasteiger partial charge in [-0.25, -0.2) is 0 Å². The van der Waals surface area contributed by atoms with Crippen LogP contribution in [0.25, 0.3) is 0 Å². The molecular weight excluding hydrogens is 445 g/mol. The number of hydrazine groups is 1. The number of amides is 2. The monoisotopic (exact) mass is 459 g/mol. The predicted octanol–water partition coefficient (Wildman–Crippen LogP) is 2.15. The number of hydrogen-bond acceptors (Lipinski definition) is 5. The Balaban J connectivity index is 1.90. The third-order valence-corrected chi connectivity index (χ3v) is 4.08. The van der Waals surface area contributed by atoms with Crippen LogP contribution >= 0.6 is 34.8 Å². The number of halogens is 1. The lowest BCUT2D eigenvalue weighted by molar-refractivity contribution is 0.0933. The van der Waals surface area contributed by atoms with Crippen molar-refractivity contribution in [3.63, 3.8) is 0 Å². The van der Waals surface area contributed by atoms with Gasteiger partial charge in [0.2, 0.25) is 0 Å². The number of nitrogens with one attached hydrogen (secondary N) is 3. The molecule has 0 aliphatic rings. The first-order valence-corrected chi connectivity index (χ1v) is 8.20. The van der Waals surface area contributed by atoms with E-state index < -0.39 is 11.8 Å². The fourth-order valence-electron chi connectivity index (χ4n) is 1.82. The molecule has 2 rings (SSSR count). The van der Waals surface area contributed by atoms with Gasteiger partial charge in [0.25, 0.3) is 11.8 Å². The van der Waals surface area contributed by atoms with Gasteiger partial charge in [-0.05, 0) is 66.0 Å². The molecule has 0 aliphatic carbocycles. The van der Waals surface area contributed by atoms with Crippen molar-refractivity contribution < 1.29 is 18.7 Å². The number of hydrogen-bond donors (Lipinski definition) is 3. The predicted molar refractivity (Wildman–Crippen MR) is 99.8 cm³/mol. The van der Waals surface area contributed by atoms with E-state index in [1.54, 1.807) is 32.2 Å². The van der Waals surface area contributed by atoms with E-state index in [4.69, 9.17) is 21.4 Å². The van der Waals surface area contributed by atoms with Crippen LogP contribution in [-0.4, -0.2) is 24.0 Å². The highest BCUT2D eigenvalue weighted by Gasteiger charge is 2.13. The Morgan fingerprint density at radius 2 is 1.96 bits per heavy atom. The third-order valence-electron chi connectivity index (χ3n) is 3.03. The second kappa shape index (κ2) is 8.11. The van der Waals surface area contributed by atoms with Gasteiger partial charge in [0.1, 0.15) is 11.5 Å². The molecule has 9 heteroatoms. The Bertz CT molecular complexity index is 791. The molecule has 0 radical (unpaired) electrons. The Morgan fingerprint density at radius 3 is 2.54 bits per heavy atom. The van der Waals surface area contributed by atoms with Crippen LogP contribution < -0.4 is 20.9 Å². The van der Waals surface area contributed by atoms with E-state index in [0.29, 0.717) is 22.6 Å². The highest BCUT2D eigenvalue weighted by molar-refractivity contribution is 14.1. The zero-order valence-corrected chi connectivity index (χ0v) is 15.8. The number of carbonyl (C=O) groups is 2. The molecule has 0 spiro atoms. The molecule has 0 fully saturated rings.